The van der Waals surface area contributed by atoms with Crippen molar-refractivity contribution in [3.63, 3.8) is 0 Å². The molecule has 14 heavy (non-hydrogen) atoms. The van der Waals surface area contributed by atoms with E-state index in [2.05, 4.69) is 4.74 Å². The predicted molar refractivity (Wildman–Crippen MR) is 48.5 cm³/mol. The molecule has 0 aromatic carbocycles. The normalized spacial score (nSPS) is 15.5. The molecule has 1 heterocycles. The van der Waals surface area contributed by atoms with E-state index < -0.39 is 6.09 Å². The number of esters is 1. The molecule has 5 nitrogen and oxygen atoms in total. The van der Waals surface area contributed by atoms with Crippen LogP contribution in [0.5, 0.6) is 0 Å². The lowest BCUT2D eigenvalue weighted by atomic mass is 10.3. The Hall–Kier alpha value is -1.26. The zero-order chi connectivity index (χ0) is 10.4. The van der Waals surface area contributed by atoms with Gasteiger partial charge in [-0.15, -0.1) is 0 Å². The second-order valence-corrected chi connectivity index (χ2v) is 3.13. The first kappa shape index (κ1) is 10.8. The van der Waals surface area contributed by atoms with Crippen LogP contribution in [0.2, 0.25) is 0 Å². The van der Waals surface area contributed by atoms with Gasteiger partial charge in [0.25, 0.3) is 0 Å². The zero-order valence-electron chi connectivity index (χ0n) is 8.32. The minimum Gasteiger partial charge on any atom is -0.447 e. The highest BCUT2D eigenvalue weighted by molar-refractivity contribution is 5.71. The third kappa shape index (κ3) is 3.24. The van der Waals surface area contributed by atoms with E-state index in [-0.39, 0.29) is 12.7 Å². The first-order valence-corrected chi connectivity index (χ1v) is 4.81. The average Bonchev–Trinajstić information content (AvgIpc) is 2.58. The molecule has 0 unspecified atom stereocenters. The Morgan fingerprint density at radius 1 is 1.64 bits per heavy atom. The molecule has 1 rings (SSSR count). The van der Waals surface area contributed by atoms with E-state index in [1.54, 1.807) is 0 Å². The van der Waals surface area contributed by atoms with Crippen molar-refractivity contribution in [2.24, 2.45) is 0 Å². The van der Waals surface area contributed by atoms with E-state index in [0.29, 0.717) is 19.6 Å². The summed E-state index contributed by atoms with van der Waals surface area (Å²) in [4.78, 5) is 23.3. The standard InChI is InChI=1S/C9H15NO4/c1-2-3-4-8(11)14-7-10-5-6-13-9(10)12/h2-7H2,1H3. The third-order valence-electron chi connectivity index (χ3n) is 1.96. The minimum absolute atomic E-state index is 0.0153. The van der Waals surface area contributed by atoms with Crippen LogP contribution in [0.1, 0.15) is 26.2 Å². The molecule has 1 aliphatic rings. The molecule has 0 aliphatic carbocycles. The van der Waals surface area contributed by atoms with Gasteiger partial charge in [0.05, 0.1) is 6.54 Å². The molecule has 0 aromatic rings. The number of carbonyl (C=O) groups excluding carboxylic acids is 2. The fourth-order valence-corrected chi connectivity index (χ4v) is 1.09. The number of amides is 1. The molecule has 1 saturated heterocycles. The maximum atomic E-state index is 11.1. The van der Waals surface area contributed by atoms with Crippen LogP contribution in [0.4, 0.5) is 4.79 Å². The fraction of sp³-hybridized carbons (Fsp3) is 0.778. The molecule has 1 fully saturated rings. The van der Waals surface area contributed by atoms with Crippen LogP contribution >= 0.6 is 0 Å². The van der Waals surface area contributed by atoms with Gasteiger partial charge in [-0.2, -0.15) is 0 Å². The number of unbranched alkanes of at least 4 members (excludes halogenated alkanes) is 1. The molecule has 1 aliphatic heterocycles. The van der Waals surface area contributed by atoms with Gasteiger partial charge < -0.3 is 9.47 Å². The summed E-state index contributed by atoms with van der Waals surface area (Å²) < 4.78 is 9.56. The molecule has 0 saturated carbocycles. The van der Waals surface area contributed by atoms with Crippen LogP contribution in [0.15, 0.2) is 0 Å². The Bertz CT molecular complexity index is 217. The van der Waals surface area contributed by atoms with E-state index in [1.165, 1.54) is 4.90 Å². The number of ether oxygens (including phenoxy) is 2. The molecule has 0 bridgehead atoms. The maximum absolute atomic E-state index is 11.1. The highest BCUT2D eigenvalue weighted by Gasteiger charge is 2.22. The van der Waals surface area contributed by atoms with Gasteiger partial charge in [-0.1, -0.05) is 13.3 Å². The van der Waals surface area contributed by atoms with Crippen molar-refractivity contribution >= 4 is 12.1 Å². The Balaban J connectivity index is 2.13. The Labute approximate surface area is 83.0 Å². The van der Waals surface area contributed by atoms with Crippen molar-refractivity contribution in [3.05, 3.63) is 0 Å². The quantitative estimate of drug-likeness (QED) is 0.626. The van der Waals surface area contributed by atoms with Gasteiger partial charge in [-0.05, 0) is 6.42 Å². The van der Waals surface area contributed by atoms with Crippen molar-refractivity contribution in [1.29, 1.82) is 0 Å². The van der Waals surface area contributed by atoms with Gasteiger partial charge in [0, 0.05) is 6.42 Å². The number of carbonyl (C=O) groups is 2. The highest BCUT2D eigenvalue weighted by atomic mass is 16.6. The largest absolute Gasteiger partial charge is 0.447 e. The average molecular weight is 201 g/mol. The summed E-state index contributed by atoms with van der Waals surface area (Å²) in [6.07, 6.45) is 1.79. The van der Waals surface area contributed by atoms with Crippen molar-refractivity contribution in [2.75, 3.05) is 19.9 Å². The lowest BCUT2D eigenvalue weighted by Gasteiger charge is -2.12. The van der Waals surface area contributed by atoms with Crippen LogP contribution < -0.4 is 0 Å². The Kier molecular flexibility index (Phi) is 4.22. The van der Waals surface area contributed by atoms with E-state index in [0.717, 1.165) is 12.8 Å². The summed E-state index contributed by atoms with van der Waals surface area (Å²) in [6, 6.07) is 0. The topological polar surface area (TPSA) is 55.8 Å². The zero-order valence-corrected chi connectivity index (χ0v) is 8.32. The number of hydrogen-bond donors (Lipinski definition) is 0. The molecule has 80 valence electrons. The summed E-state index contributed by atoms with van der Waals surface area (Å²) >= 11 is 0. The van der Waals surface area contributed by atoms with Crippen molar-refractivity contribution < 1.29 is 19.1 Å². The van der Waals surface area contributed by atoms with Crippen LogP contribution in [0.25, 0.3) is 0 Å². The summed E-state index contributed by atoms with van der Waals surface area (Å²) in [7, 11) is 0. The van der Waals surface area contributed by atoms with E-state index in [4.69, 9.17) is 4.74 Å². The van der Waals surface area contributed by atoms with Crippen LogP contribution in [-0.4, -0.2) is 36.8 Å². The fourth-order valence-electron chi connectivity index (χ4n) is 1.09. The molecular formula is C9H15NO4. The van der Waals surface area contributed by atoms with Crippen LogP contribution in [-0.2, 0) is 14.3 Å². The van der Waals surface area contributed by atoms with E-state index in [9.17, 15) is 9.59 Å². The Morgan fingerprint density at radius 2 is 2.43 bits per heavy atom. The van der Waals surface area contributed by atoms with Crippen molar-refractivity contribution in [2.45, 2.75) is 26.2 Å². The molecule has 5 heteroatoms. The van der Waals surface area contributed by atoms with Gasteiger partial charge in [0.1, 0.15) is 6.61 Å². The Morgan fingerprint density at radius 3 is 3.00 bits per heavy atom. The van der Waals surface area contributed by atoms with Gasteiger partial charge in [0.2, 0.25) is 0 Å². The molecule has 0 N–H and O–H groups in total. The monoisotopic (exact) mass is 201 g/mol. The molecule has 0 radical (unpaired) electrons. The molecular weight excluding hydrogens is 186 g/mol. The highest BCUT2D eigenvalue weighted by Crippen LogP contribution is 2.04. The summed E-state index contributed by atoms with van der Waals surface area (Å²) in [5, 5.41) is 0. The molecule has 0 atom stereocenters. The number of rotatable bonds is 5. The molecule has 0 aromatic heterocycles. The van der Waals surface area contributed by atoms with Gasteiger partial charge in [-0.25, -0.2) is 4.79 Å². The summed E-state index contributed by atoms with van der Waals surface area (Å²) in [6.45, 7) is 2.90. The predicted octanol–water partition coefficient (Wildman–Crippen LogP) is 1.13. The van der Waals surface area contributed by atoms with Crippen LogP contribution in [0, 0.1) is 0 Å². The second-order valence-electron chi connectivity index (χ2n) is 3.13. The SMILES string of the molecule is CCCCC(=O)OCN1CCOC1=O. The lowest BCUT2D eigenvalue weighted by Crippen LogP contribution is -2.28. The van der Waals surface area contributed by atoms with Crippen molar-refractivity contribution in [1.82, 2.24) is 4.90 Å². The van der Waals surface area contributed by atoms with Gasteiger partial charge in [0.15, 0.2) is 6.73 Å². The first-order valence-electron chi connectivity index (χ1n) is 4.81. The maximum Gasteiger partial charge on any atom is 0.412 e. The van der Waals surface area contributed by atoms with Gasteiger partial charge >= 0.3 is 12.1 Å². The van der Waals surface area contributed by atoms with E-state index in [1.807, 2.05) is 6.92 Å². The van der Waals surface area contributed by atoms with E-state index >= 15 is 0 Å². The number of cyclic esters (lactones) is 1. The summed E-state index contributed by atoms with van der Waals surface area (Å²) in [5.74, 6) is -0.258. The van der Waals surface area contributed by atoms with Crippen LogP contribution in [0.3, 0.4) is 0 Å². The smallest absolute Gasteiger partial charge is 0.412 e. The first-order chi connectivity index (χ1) is 6.74. The third-order valence-corrected chi connectivity index (χ3v) is 1.96. The molecule has 0 spiro atoms. The number of nitrogens with zero attached hydrogens (tertiary/aromatic N) is 1. The lowest BCUT2D eigenvalue weighted by molar-refractivity contribution is -0.147. The summed E-state index contributed by atoms with van der Waals surface area (Å²) in [5.41, 5.74) is 0. The minimum atomic E-state index is -0.409. The number of hydrogen-bond acceptors (Lipinski definition) is 4. The molecule has 1 amide bonds. The van der Waals surface area contributed by atoms with Gasteiger partial charge in [-0.3, -0.25) is 9.69 Å². The van der Waals surface area contributed by atoms with Crippen molar-refractivity contribution in [3.8, 4) is 0 Å². The second kappa shape index (κ2) is 5.47.